The lowest BCUT2D eigenvalue weighted by atomic mass is 9.69. The van der Waals surface area contributed by atoms with Gasteiger partial charge in [-0.1, -0.05) is 30.3 Å². The molecular weight excluding hydrogens is 245 g/mol. The molecule has 1 aromatic rings. The second kappa shape index (κ2) is 3.79. The molecule has 6 nitrogen and oxygen atoms in total. The highest BCUT2D eigenvalue weighted by atomic mass is 17.0. The maximum Gasteiger partial charge on any atom is 0.457 e. The van der Waals surface area contributed by atoms with Crippen LogP contribution in [0.2, 0.25) is 0 Å². The van der Waals surface area contributed by atoms with E-state index in [1.54, 1.807) is 0 Å². The van der Waals surface area contributed by atoms with E-state index in [0.717, 1.165) is 5.46 Å². The van der Waals surface area contributed by atoms with E-state index in [4.69, 9.17) is 14.3 Å². The molecule has 0 radical (unpaired) electrons. The highest BCUT2D eigenvalue weighted by molar-refractivity contribution is 6.75. The first-order chi connectivity index (χ1) is 9.12. The van der Waals surface area contributed by atoms with E-state index in [0.29, 0.717) is 0 Å². The fourth-order valence-electron chi connectivity index (χ4n) is 3.21. The van der Waals surface area contributed by atoms with Gasteiger partial charge in [0.05, 0.1) is 0 Å². The zero-order valence-electron chi connectivity index (χ0n) is 11.3. The number of hydroxylamine groups is 6. The highest BCUT2D eigenvalue weighted by Crippen LogP contribution is 2.40. The molecule has 0 spiro atoms. The quantitative estimate of drug-likeness (QED) is 0.690. The van der Waals surface area contributed by atoms with E-state index in [2.05, 4.69) is 20.8 Å². The van der Waals surface area contributed by atoms with Crippen LogP contribution in [-0.4, -0.2) is 40.4 Å². The fourth-order valence-corrected chi connectivity index (χ4v) is 3.21. The van der Waals surface area contributed by atoms with E-state index in [9.17, 15) is 0 Å². The van der Waals surface area contributed by atoms with Crippen molar-refractivity contribution in [2.75, 3.05) is 0 Å². The second-order valence-electron chi connectivity index (χ2n) is 5.34. The molecule has 4 heterocycles. The molecule has 19 heavy (non-hydrogen) atoms. The van der Waals surface area contributed by atoms with E-state index in [1.807, 2.05) is 45.5 Å². The highest BCUT2D eigenvalue weighted by Gasteiger charge is 2.58. The Bertz CT molecular complexity index is 449. The van der Waals surface area contributed by atoms with Crippen LogP contribution in [0.15, 0.2) is 30.3 Å². The third-order valence-corrected chi connectivity index (χ3v) is 4.20. The summed E-state index contributed by atoms with van der Waals surface area (Å²) in [5, 5.41) is 5.83. The zero-order chi connectivity index (χ0) is 13.2. The molecule has 0 amide bonds. The molecule has 5 rings (SSSR count). The molecule has 4 aliphatic rings. The number of rotatable bonds is 1. The van der Waals surface area contributed by atoms with Gasteiger partial charge in [0.1, 0.15) is 18.5 Å². The average Bonchev–Trinajstić information content (AvgIpc) is 2.45. The van der Waals surface area contributed by atoms with Crippen molar-refractivity contribution in [3.05, 3.63) is 30.3 Å². The van der Waals surface area contributed by atoms with Crippen LogP contribution in [-0.2, 0) is 14.3 Å². The molecule has 0 N–H and O–H groups in total. The molecule has 4 saturated heterocycles. The third-order valence-electron chi connectivity index (χ3n) is 4.20. The third kappa shape index (κ3) is 1.42. The van der Waals surface area contributed by atoms with Crippen molar-refractivity contribution in [3.63, 3.8) is 0 Å². The van der Waals surface area contributed by atoms with Gasteiger partial charge in [-0.15, -0.1) is 5.46 Å². The topological polar surface area (TPSA) is 37.4 Å². The predicted octanol–water partition coefficient (Wildman–Crippen LogP) is 0.612. The Morgan fingerprint density at radius 2 is 1.21 bits per heavy atom. The summed E-state index contributed by atoms with van der Waals surface area (Å²) in [6, 6.07) is 9.83. The van der Waals surface area contributed by atoms with Crippen molar-refractivity contribution < 1.29 is 14.3 Å². The van der Waals surface area contributed by atoms with Gasteiger partial charge in [-0.3, -0.25) is 0 Å². The molecule has 0 saturated carbocycles. The Balaban J connectivity index is 1.78. The molecule has 0 aromatic heterocycles. The first-order valence-corrected chi connectivity index (χ1v) is 6.74. The Labute approximate surface area is 112 Å². The molecule has 4 aliphatic heterocycles. The zero-order valence-corrected chi connectivity index (χ0v) is 11.3. The molecular formula is C12H17BN3O3-. The van der Waals surface area contributed by atoms with Crippen LogP contribution in [0, 0.1) is 0 Å². The van der Waals surface area contributed by atoms with Crippen LogP contribution >= 0.6 is 0 Å². The summed E-state index contributed by atoms with van der Waals surface area (Å²) in [6.45, 7) is 4.27. The number of nitrogens with zero attached hydrogens (tertiary/aromatic N) is 3. The van der Waals surface area contributed by atoms with Crippen LogP contribution in [0.4, 0.5) is 0 Å². The van der Waals surface area contributed by atoms with E-state index in [1.165, 1.54) is 0 Å². The Hall–Kier alpha value is -0.955. The van der Waals surface area contributed by atoms with Gasteiger partial charge in [0, 0.05) is 0 Å². The van der Waals surface area contributed by atoms with Gasteiger partial charge in [0.2, 0.25) is 0 Å². The van der Waals surface area contributed by atoms with Gasteiger partial charge >= 0.3 is 6.75 Å². The van der Waals surface area contributed by atoms with Crippen LogP contribution in [0.5, 0.6) is 0 Å². The smallest absolute Gasteiger partial charge is 0.449 e. The van der Waals surface area contributed by atoms with Crippen LogP contribution in [0.3, 0.4) is 0 Å². The van der Waals surface area contributed by atoms with Crippen molar-refractivity contribution in [3.8, 4) is 0 Å². The summed E-state index contributed by atoms with van der Waals surface area (Å²) in [5.41, 5.74) is 0.910. The summed E-state index contributed by atoms with van der Waals surface area (Å²) in [6.07, 6.45) is 0.219. The van der Waals surface area contributed by atoms with Gasteiger partial charge in [0.15, 0.2) is 0 Å². The Morgan fingerprint density at radius 3 is 1.63 bits per heavy atom. The lowest BCUT2D eigenvalue weighted by Gasteiger charge is -2.71. The van der Waals surface area contributed by atoms with E-state index < -0.39 is 6.75 Å². The number of hydrogen-bond donors (Lipinski definition) is 0. The molecule has 102 valence electrons. The van der Waals surface area contributed by atoms with Crippen molar-refractivity contribution in [1.29, 1.82) is 0 Å². The summed E-state index contributed by atoms with van der Waals surface area (Å²) in [5.74, 6) is 0. The van der Waals surface area contributed by atoms with Gasteiger partial charge in [-0.05, 0) is 20.8 Å². The average molecular weight is 262 g/mol. The van der Waals surface area contributed by atoms with Crippen LogP contribution in [0.25, 0.3) is 0 Å². The maximum atomic E-state index is 6.04. The second-order valence-corrected chi connectivity index (χ2v) is 5.34. The van der Waals surface area contributed by atoms with Crippen molar-refractivity contribution in [2.45, 2.75) is 39.3 Å². The van der Waals surface area contributed by atoms with Gasteiger partial charge in [-0.2, -0.15) is 15.2 Å². The van der Waals surface area contributed by atoms with Gasteiger partial charge in [-0.25, -0.2) is 0 Å². The van der Waals surface area contributed by atoms with Crippen molar-refractivity contribution >= 4 is 12.2 Å². The molecule has 4 fully saturated rings. The monoisotopic (exact) mass is 262 g/mol. The van der Waals surface area contributed by atoms with Crippen molar-refractivity contribution in [2.24, 2.45) is 0 Å². The lowest BCUT2D eigenvalue weighted by Crippen LogP contribution is -2.85. The molecule has 7 heteroatoms. The minimum atomic E-state index is -1.94. The van der Waals surface area contributed by atoms with E-state index >= 15 is 0 Å². The molecule has 0 atom stereocenters. The summed E-state index contributed by atoms with van der Waals surface area (Å²) in [4.78, 5) is 0. The largest absolute Gasteiger partial charge is 0.457 e. The predicted molar refractivity (Wildman–Crippen MR) is 69.0 cm³/mol. The lowest BCUT2D eigenvalue weighted by molar-refractivity contribution is -0.483. The van der Waals surface area contributed by atoms with E-state index in [-0.39, 0.29) is 18.5 Å². The minimum absolute atomic E-state index is 0.0730. The summed E-state index contributed by atoms with van der Waals surface area (Å²) < 4.78 is 18.1. The van der Waals surface area contributed by atoms with Gasteiger partial charge < -0.3 is 14.3 Å². The minimum Gasteiger partial charge on any atom is -0.449 e. The maximum absolute atomic E-state index is 6.04. The fraction of sp³-hybridized carbons (Fsp3) is 0.500. The molecule has 4 bridgehead atoms. The SMILES string of the molecule is CC1N2O[B-]3(c4ccccc4)ON1C(C)N(O3)C2C. The standard InChI is InChI=1S/C12H17BN3O3/c1-9-14-10(2)16-11(3)15(9)18-13(17-14,19-16)12-7-5-4-6-8-12/h4-11H,1-3H3/q-1. The van der Waals surface area contributed by atoms with Crippen LogP contribution in [0.1, 0.15) is 20.8 Å². The molecule has 0 aliphatic carbocycles. The summed E-state index contributed by atoms with van der Waals surface area (Å²) in [7, 11) is 0. The van der Waals surface area contributed by atoms with Gasteiger partial charge in [0.25, 0.3) is 0 Å². The number of benzene rings is 1. The molecule has 1 aromatic carbocycles. The first kappa shape index (κ1) is 11.8. The normalized spacial score (nSPS) is 51.5. The van der Waals surface area contributed by atoms with Crippen molar-refractivity contribution in [1.82, 2.24) is 15.2 Å². The Morgan fingerprint density at radius 1 is 0.789 bits per heavy atom. The first-order valence-electron chi connectivity index (χ1n) is 6.74. The number of hydrogen-bond acceptors (Lipinski definition) is 6. The van der Waals surface area contributed by atoms with Crippen LogP contribution < -0.4 is 5.46 Å². The molecule has 0 unspecified atom stereocenters. The Kier molecular flexibility index (Phi) is 2.36. The summed E-state index contributed by atoms with van der Waals surface area (Å²) >= 11 is 0.